The van der Waals surface area contributed by atoms with Crippen molar-refractivity contribution in [1.29, 1.82) is 0 Å². The van der Waals surface area contributed by atoms with Crippen LogP contribution in [0.25, 0.3) is 0 Å². The zero-order chi connectivity index (χ0) is 21.2. The minimum Gasteiger partial charge on any atom is -0.356 e. The fourth-order valence-electron chi connectivity index (χ4n) is 2.45. The molecule has 0 saturated heterocycles. The van der Waals surface area contributed by atoms with Crippen molar-refractivity contribution in [2.45, 2.75) is 60.8 Å². The van der Waals surface area contributed by atoms with E-state index in [-0.39, 0.29) is 48.1 Å². The predicted octanol–water partition coefficient (Wildman–Crippen LogP) is 2.92. The molecule has 0 radical (unpaired) electrons. The molecule has 27 heavy (non-hydrogen) atoms. The van der Waals surface area contributed by atoms with Crippen LogP contribution in [0, 0.1) is 23.2 Å². The summed E-state index contributed by atoms with van der Waals surface area (Å²) in [4.78, 5) is 48.3. The Morgan fingerprint density at radius 3 is 1.96 bits per heavy atom. The molecule has 0 aromatic heterocycles. The standard InChI is InChI=1S/C20H35IN2O4/c1-13(2)15(19(27)23-9-7-8-22-18(26)12-21)11-16(24)14(3)10-17(25)20(4,5)6/h13-15H,7-12H2,1-6H3,(H,22,26)(H,23,27)/t14-,15+/m0/s1. The Kier molecular flexibility index (Phi) is 12.0. The zero-order valence-corrected chi connectivity index (χ0v) is 19.6. The second-order valence-corrected chi connectivity index (χ2v) is 9.19. The van der Waals surface area contributed by atoms with Gasteiger partial charge in [0.2, 0.25) is 11.8 Å². The fraction of sp³-hybridized carbons (Fsp3) is 0.800. The molecule has 0 aliphatic heterocycles. The van der Waals surface area contributed by atoms with Gasteiger partial charge in [0.05, 0.1) is 4.43 Å². The van der Waals surface area contributed by atoms with Crippen molar-refractivity contribution in [3.05, 3.63) is 0 Å². The Balaban J connectivity index is 4.53. The molecule has 0 bridgehead atoms. The molecule has 6 nitrogen and oxygen atoms in total. The van der Waals surface area contributed by atoms with Crippen LogP contribution in [0.1, 0.15) is 60.8 Å². The summed E-state index contributed by atoms with van der Waals surface area (Å²) < 4.78 is 0.414. The molecular formula is C20H35IN2O4. The van der Waals surface area contributed by atoms with Crippen LogP contribution < -0.4 is 10.6 Å². The molecular weight excluding hydrogens is 459 g/mol. The van der Waals surface area contributed by atoms with E-state index in [1.807, 2.05) is 57.2 Å². The first kappa shape index (κ1) is 26.0. The van der Waals surface area contributed by atoms with Gasteiger partial charge in [-0.15, -0.1) is 0 Å². The van der Waals surface area contributed by atoms with Crippen LogP contribution in [0.3, 0.4) is 0 Å². The Morgan fingerprint density at radius 2 is 1.48 bits per heavy atom. The van der Waals surface area contributed by atoms with Gasteiger partial charge in [-0.1, -0.05) is 64.1 Å². The highest BCUT2D eigenvalue weighted by molar-refractivity contribution is 14.1. The maximum absolute atomic E-state index is 12.5. The van der Waals surface area contributed by atoms with E-state index in [1.165, 1.54) is 0 Å². The minimum absolute atomic E-state index is 0.0219. The van der Waals surface area contributed by atoms with Crippen molar-refractivity contribution >= 4 is 46.0 Å². The average Bonchev–Trinajstić information content (AvgIpc) is 2.57. The number of nitrogens with one attached hydrogen (secondary N) is 2. The molecule has 0 spiro atoms. The molecule has 0 aliphatic rings. The number of carbonyl (C=O) groups excluding carboxylic acids is 4. The van der Waals surface area contributed by atoms with Gasteiger partial charge in [-0.3, -0.25) is 19.2 Å². The lowest BCUT2D eigenvalue weighted by molar-refractivity contribution is -0.134. The number of ketones is 2. The highest BCUT2D eigenvalue weighted by atomic mass is 127. The summed E-state index contributed by atoms with van der Waals surface area (Å²) in [5.41, 5.74) is -0.462. The summed E-state index contributed by atoms with van der Waals surface area (Å²) >= 11 is 1.99. The molecule has 7 heteroatoms. The van der Waals surface area contributed by atoms with E-state index < -0.39 is 11.3 Å². The Morgan fingerprint density at radius 1 is 0.926 bits per heavy atom. The third kappa shape index (κ3) is 10.8. The van der Waals surface area contributed by atoms with E-state index in [2.05, 4.69) is 10.6 Å². The maximum atomic E-state index is 12.5. The van der Waals surface area contributed by atoms with Gasteiger partial charge >= 0.3 is 0 Å². The molecule has 0 fully saturated rings. The molecule has 0 rings (SSSR count). The second-order valence-electron chi connectivity index (χ2n) is 8.43. The van der Waals surface area contributed by atoms with E-state index >= 15 is 0 Å². The van der Waals surface area contributed by atoms with E-state index in [4.69, 9.17) is 0 Å². The minimum atomic E-state index is -0.462. The SMILES string of the molecule is CC(C)[C@@H](CC(=O)[C@@H](C)CC(=O)C(C)(C)C)C(=O)NCCCNC(=O)CI. The number of rotatable bonds is 12. The van der Waals surface area contributed by atoms with Crippen LogP contribution in [0.5, 0.6) is 0 Å². The quantitative estimate of drug-likeness (QED) is 0.248. The maximum Gasteiger partial charge on any atom is 0.229 e. The predicted molar refractivity (Wildman–Crippen MR) is 116 cm³/mol. The lowest BCUT2D eigenvalue weighted by atomic mass is 9.81. The summed E-state index contributed by atoms with van der Waals surface area (Å²) in [6, 6.07) is 0. The monoisotopic (exact) mass is 494 g/mol. The van der Waals surface area contributed by atoms with Gasteiger partial charge < -0.3 is 10.6 Å². The van der Waals surface area contributed by atoms with Crippen LogP contribution in [-0.4, -0.2) is 40.9 Å². The number of alkyl halides is 1. The summed E-state index contributed by atoms with van der Waals surface area (Å²) in [5, 5.41) is 5.61. The second kappa shape index (κ2) is 12.5. The Labute approximate surface area is 177 Å². The lowest BCUT2D eigenvalue weighted by Gasteiger charge is -2.23. The Hall–Kier alpha value is -0.990. The van der Waals surface area contributed by atoms with E-state index in [0.717, 1.165) is 0 Å². The molecule has 2 amide bonds. The van der Waals surface area contributed by atoms with Gasteiger partial charge in [0.1, 0.15) is 11.6 Å². The smallest absolute Gasteiger partial charge is 0.229 e. The van der Waals surface area contributed by atoms with Crippen molar-refractivity contribution in [2.24, 2.45) is 23.2 Å². The van der Waals surface area contributed by atoms with Crippen LogP contribution in [-0.2, 0) is 19.2 Å². The highest BCUT2D eigenvalue weighted by Crippen LogP contribution is 2.23. The topological polar surface area (TPSA) is 92.3 Å². The first-order valence-electron chi connectivity index (χ1n) is 9.56. The van der Waals surface area contributed by atoms with Crippen molar-refractivity contribution < 1.29 is 19.2 Å². The number of hydrogen-bond donors (Lipinski definition) is 2. The summed E-state index contributed by atoms with van der Waals surface area (Å²) in [6.07, 6.45) is 1.00. The number of Topliss-reactive ketones (excluding diaryl/α,β-unsaturated/α-hetero) is 2. The number of halogens is 1. The molecule has 156 valence electrons. The van der Waals surface area contributed by atoms with Crippen LogP contribution in [0.15, 0.2) is 0 Å². The van der Waals surface area contributed by atoms with Gasteiger partial charge in [-0.2, -0.15) is 0 Å². The van der Waals surface area contributed by atoms with Gasteiger partial charge in [-0.25, -0.2) is 0 Å². The number of hydrogen-bond acceptors (Lipinski definition) is 4. The highest BCUT2D eigenvalue weighted by Gasteiger charge is 2.30. The molecule has 2 N–H and O–H groups in total. The number of carbonyl (C=O) groups is 4. The summed E-state index contributed by atoms with van der Waals surface area (Å²) in [7, 11) is 0. The third-order valence-corrected chi connectivity index (χ3v) is 5.23. The van der Waals surface area contributed by atoms with Gasteiger partial charge in [0.15, 0.2) is 0 Å². The normalized spacial score (nSPS) is 13.8. The van der Waals surface area contributed by atoms with Crippen LogP contribution in [0.2, 0.25) is 0 Å². The molecule has 2 atom stereocenters. The number of amides is 2. The molecule has 0 heterocycles. The average molecular weight is 494 g/mol. The summed E-state index contributed by atoms with van der Waals surface area (Å²) in [6.45, 7) is 12.1. The van der Waals surface area contributed by atoms with E-state index in [0.29, 0.717) is 23.9 Å². The fourth-order valence-corrected chi connectivity index (χ4v) is 2.72. The van der Waals surface area contributed by atoms with E-state index in [9.17, 15) is 19.2 Å². The van der Waals surface area contributed by atoms with Crippen molar-refractivity contribution in [1.82, 2.24) is 10.6 Å². The van der Waals surface area contributed by atoms with Crippen molar-refractivity contribution in [3.63, 3.8) is 0 Å². The molecule has 0 saturated carbocycles. The van der Waals surface area contributed by atoms with Crippen LogP contribution >= 0.6 is 22.6 Å². The van der Waals surface area contributed by atoms with E-state index in [1.54, 1.807) is 6.92 Å². The summed E-state index contributed by atoms with van der Waals surface area (Å²) in [5.74, 6) is -0.918. The molecule has 0 aliphatic carbocycles. The van der Waals surface area contributed by atoms with Crippen molar-refractivity contribution in [3.8, 4) is 0 Å². The first-order chi connectivity index (χ1) is 12.4. The van der Waals surface area contributed by atoms with Crippen molar-refractivity contribution in [2.75, 3.05) is 17.5 Å². The molecule has 0 aromatic rings. The zero-order valence-electron chi connectivity index (χ0n) is 17.5. The Bertz CT molecular complexity index is 527. The van der Waals surface area contributed by atoms with Gasteiger partial charge in [0, 0.05) is 43.2 Å². The molecule has 0 unspecified atom stereocenters. The largest absolute Gasteiger partial charge is 0.356 e. The van der Waals surface area contributed by atoms with Gasteiger partial charge in [-0.05, 0) is 12.3 Å². The van der Waals surface area contributed by atoms with Gasteiger partial charge in [0.25, 0.3) is 0 Å². The third-order valence-electron chi connectivity index (χ3n) is 4.54. The molecule has 0 aromatic carbocycles. The van der Waals surface area contributed by atoms with Crippen LogP contribution in [0.4, 0.5) is 0 Å². The lowest BCUT2D eigenvalue weighted by Crippen LogP contribution is -2.37. The first-order valence-corrected chi connectivity index (χ1v) is 11.1.